The van der Waals surface area contributed by atoms with Gasteiger partial charge in [-0.05, 0) is 68.7 Å². The van der Waals surface area contributed by atoms with Crippen LogP contribution in [-0.2, 0) is 16.1 Å². The van der Waals surface area contributed by atoms with Crippen LogP contribution in [0.1, 0.15) is 29.8 Å². The molecule has 6 nitrogen and oxygen atoms in total. The summed E-state index contributed by atoms with van der Waals surface area (Å²) in [5.74, 6) is -0.185. The molecule has 0 saturated carbocycles. The first-order chi connectivity index (χ1) is 15.0. The van der Waals surface area contributed by atoms with Gasteiger partial charge in [0.1, 0.15) is 12.6 Å². The summed E-state index contributed by atoms with van der Waals surface area (Å²) < 4.78 is 7.59. The van der Waals surface area contributed by atoms with Crippen LogP contribution in [0.2, 0.25) is 0 Å². The van der Waals surface area contributed by atoms with E-state index in [2.05, 4.69) is 35.9 Å². The monoisotopic (exact) mass is 417 g/mol. The lowest BCUT2D eigenvalue weighted by atomic mass is 10.2. The molecule has 31 heavy (non-hydrogen) atoms. The van der Waals surface area contributed by atoms with Gasteiger partial charge in [-0.15, -0.1) is 0 Å². The number of nitrogens with zero attached hydrogens (tertiary/aromatic N) is 2. The van der Waals surface area contributed by atoms with Crippen molar-refractivity contribution < 1.29 is 14.3 Å². The van der Waals surface area contributed by atoms with Gasteiger partial charge in [0, 0.05) is 29.3 Å². The summed E-state index contributed by atoms with van der Waals surface area (Å²) in [4.78, 5) is 26.9. The minimum Gasteiger partial charge on any atom is -0.445 e. The number of likely N-dealkylation sites (tertiary alicyclic amines) is 1. The summed E-state index contributed by atoms with van der Waals surface area (Å²) in [6.07, 6.45) is 0.964. The van der Waals surface area contributed by atoms with E-state index in [1.807, 2.05) is 54.6 Å². The van der Waals surface area contributed by atoms with Crippen LogP contribution < -0.4 is 5.32 Å². The van der Waals surface area contributed by atoms with Gasteiger partial charge in [0.15, 0.2) is 0 Å². The van der Waals surface area contributed by atoms with Crippen molar-refractivity contribution in [2.45, 2.75) is 39.3 Å². The molecule has 1 atom stereocenters. The van der Waals surface area contributed by atoms with Crippen LogP contribution in [0.25, 0.3) is 5.69 Å². The Morgan fingerprint density at radius 1 is 0.968 bits per heavy atom. The number of anilines is 1. The number of hydrogen-bond acceptors (Lipinski definition) is 3. The van der Waals surface area contributed by atoms with E-state index in [9.17, 15) is 9.59 Å². The molecule has 0 spiro atoms. The molecule has 4 rings (SSSR count). The zero-order valence-corrected chi connectivity index (χ0v) is 17.9. The lowest BCUT2D eigenvalue weighted by Crippen LogP contribution is -2.43. The second-order valence-corrected chi connectivity index (χ2v) is 7.88. The fourth-order valence-electron chi connectivity index (χ4n) is 4.06. The predicted octanol–water partition coefficient (Wildman–Crippen LogP) is 4.83. The number of carbonyl (C=O) groups excluding carboxylic acids is 2. The van der Waals surface area contributed by atoms with E-state index in [1.54, 1.807) is 0 Å². The Morgan fingerprint density at radius 2 is 1.65 bits per heavy atom. The Labute approximate surface area is 182 Å². The van der Waals surface area contributed by atoms with Crippen molar-refractivity contribution in [3.63, 3.8) is 0 Å². The fraction of sp³-hybridized carbons (Fsp3) is 0.280. The van der Waals surface area contributed by atoms with Crippen molar-refractivity contribution in [3.8, 4) is 5.69 Å². The number of benzene rings is 2. The quantitative estimate of drug-likeness (QED) is 0.646. The Hall–Kier alpha value is -3.54. The van der Waals surface area contributed by atoms with Crippen LogP contribution in [0.4, 0.5) is 10.5 Å². The highest BCUT2D eigenvalue weighted by Gasteiger charge is 2.35. The third-order valence-electron chi connectivity index (χ3n) is 5.66. The van der Waals surface area contributed by atoms with E-state index in [-0.39, 0.29) is 12.5 Å². The van der Waals surface area contributed by atoms with Crippen LogP contribution in [0.3, 0.4) is 0 Å². The van der Waals surface area contributed by atoms with E-state index in [4.69, 9.17) is 4.74 Å². The third-order valence-corrected chi connectivity index (χ3v) is 5.66. The molecule has 160 valence electrons. The summed E-state index contributed by atoms with van der Waals surface area (Å²) in [6.45, 7) is 4.85. The van der Waals surface area contributed by atoms with Crippen LogP contribution in [0.15, 0.2) is 66.7 Å². The second kappa shape index (κ2) is 9.08. The normalized spacial score (nSPS) is 15.7. The van der Waals surface area contributed by atoms with Crippen molar-refractivity contribution in [1.82, 2.24) is 9.47 Å². The zero-order valence-electron chi connectivity index (χ0n) is 17.9. The second-order valence-electron chi connectivity index (χ2n) is 7.88. The minimum absolute atomic E-state index is 0.185. The molecule has 1 fully saturated rings. The summed E-state index contributed by atoms with van der Waals surface area (Å²) in [5.41, 5.74) is 4.99. The first-order valence-corrected chi connectivity index (χ1v) is 10.6. The summed E-state index contributed by atoms with van der Waals surface area (Å²) in [6, 6.07) is 20.9. The molecular weight excluding hydrogens is 390 g/mol. The highest BCUT2D eigenvalue weighted by Crippen LogP contribution is 2.22. The molecule has 0 aliphatic carbocycles. The largest absolute Gasteiger partial charge is 0.445 e. The smallest absolute Gasteiger partial charge is 0.410 e. The van der Waals surface area contributed by atoms with E-state index in [0.717, 1.165) is 29.1 Å². The molecule has 2 amide bonds. The Bertz CT molecular complexity index is 1040. The summed E-state index contributed by atoms with van der Waals surface area (Å²) in [7, 11) is 0. The van der Waals surface area contributed by atoms with Gasteiger partial charge < -0.3 is 14.6 Å². The van der Waals surface area contributed by atoms with Crippen LogP contribution in [-0.4, -0.2) is 34.1 Å². The standard InChI is InChI=1S/C25H27N3O3/c1-18-10-11-19(2)28(18)22-14-12-21(13-15-22)26-24(29)23-9-6-16-27(23)25(30)31-17-20-7-4-3-5-8-20/h3-5,7-8,10-15,23H,6,9,16-17H2,1-2H3,(H,26,29). The van der Waals surface area contributed by atoms with Crippen molar-refractivity contribution in [3.05, 3.63) is 83.7 Å². The molecule has 2 heterocycles. The fourth-order valence-corrected chi connectivity index (χ4v) is 4.06. The molecule has 3 aromatic rings. The lowest BCUT2D eigenvalue weighted by Gasteiger charge is -2.23. The molecule has 0 radical (unpaired) electrons. The van der Waals surface area contributed by atoms with Gasteiger partial charge in [-0.2, -0.15) is 0 Å². The zero-order chi connectivity index (χ0) is 21.8. The van der Waals surface area contributed by atoms with Crippen molar-refractivity contribution in [1.29, 1.82) is 0 Å². The average molecular weight is 418 g/mol. The number of carbonyl (C=O) groups is 2. The van der Waals surface area contributed by atoms with Crippen LogP contribution >= 0.6 is 0 Å². The van der Waals surface area contributed by atoms with Gasteiger partial charge in [-0.25, -0.2) is 4.79 Å². The van der Waals surface area contributed by atoms with E-state index in [1.165, 1.54) is 4.90 Å². The van der Waals surface area contributed by atoms with Crippen LogP contribution in [0.5, 0.6) is 0 Å². The Balaban J connectivity index is 1.37. The van der Waals surface area contributed by atoms with Gasteiger partial charge >= 0.3 is 6.09 Å². The first kappa shape index (κ1) is 20.7. The molecule has 1 saturated heterocycles. The van der Waals surface area contributed by atoms with Crippen molar-refractivity contribution in [2.75, 3.05) is 11.9 Å². The van der Waals surface area contributed by atoms with Crippen molar-refractivity contribution in [2.24, 2.45) is 0 Å². The van der Waals surface area contributed by atoms with Gasteiger partial charge in [0.05, 0.1) is 0 Å². The Morgan fingerprint density at radius 3 is 2.32 bits per heavy atom. The maximum Gasteiger partial charge on any atom is 0.410 e. The van der Waals surface area contributed by atoms with Gasteiger partial charge in [0.25, 0.3) is 0 Å². The molecule has 6 heteroatoms. The SMILES string of the molecule is Cc1ccc(C)n1-c1ccc(NC(=O)C2CCCN2C(=O)OCc2ccccc2)cc1. The number of hydrogen-bond donors (Lipinski definition) is 1. The summed E-state index contributed by atoms with van der Waals surface area (Å²) in [5, 5.41) is 2.95. The highest BCUT2D eigenvalue weighted by atomic mass is 16.6. The first-order valence-electron chi connectivity index (χ1n) is 10.6. The molecule has 1 unspecified atom stereocenters. The van der Waals surface area contributed by atoms with E-state index >= 15 is 0 Å². The van der Waals surface area contributed by atoms with Gasteiger partial charge in [0.2, 0.25) is 5.91 Å². The number of nitrogens with one attached hydrogen (secondary N) is 1. The molecule has 1 aliphatic heterocycles. The maximum atomic E-state index is 12.9. The number of aromatic nitrogens is 1. The molecule has 1 aliphatic rings. The number of amides is 2. The highest BCUT2D eigenvalue weighted by molar-refractivity contribution is 5.96. The Kier molecular flexibility index (Phi) is 6.07. The molecule has 2 aromatic carbocycles. The lowest BCUT2D eigenvalue weighted by molar-refractivity contribution is -0.120. The van der Waals surface area contributed by atoms with Crippen molar-refractivity contribution >= 4 is 17.7 Å². The number of ether oxygens (including phenoxy) is 1. The third kappa shape index (κ3) is 4.63. The van der Waals surface area contributed by atoms with E-state index < -0.39 is 12.1 Å². The van der Waals surface area contributed by atoms with Gasteiger partial charge in [-0.1, -0.05) is 30.3 Å². The maximum absolute atomic E-state index is 12.9. The summed E-state index contributed by atoms with van der Waals surface area (Å²) >= 11 is 0. The van der Waals surface area contributed by atoms with Gasteiger partial charge in [-0.3, -0.25) is 9.69 Å². The number of rotatable bonds is 5. The molecule has 1 N–H and O–H groups in total. The average Bonchev–Trinajstić information content (AvgIpc) is 3.40. The molecular formula is C25H27N3O3. The molecule has 1 aromatic heterocycles. The van der Waals surface area contributed by atoms with E-state index in [0.29, 0.717) is 18.7 Å². The molecule has 0 bridgehead atoms. The topological polar surface area (TPSA) is 63.6 Å². The number of aryl methyl sites for hydroxylation is 2. The minimum atomic E-state index is -0.517. The predicted molar refractivity (Wildman–Crippen MR) is 120 cm³/mol. The van der Waals surface area contributed by atoms with Crippen LogP contribution in [0, 0.1) is 13.8 Å².